The van der Waals surface area contributed by atoms with Crippen molar-refractivity contribution in [2.75, 3.05) is 25.0 Å². The van der Waals surface area contributed by atoms with E-state index in [1.165, 1.54) is 0 Å². The first-order valence-corrected chi connectivity index (χ1v) is 14.2. The molecule has 218 valence electrons. The maximum atomic E-state index is 12.4. The van der Waals surface area contributed by atoms with E-state index in [9.17, 15) is 19.8 Å². The van der Waals surface area contributed by atoms with Crippen LogP contribution in [0.5, 0.6) is 0 Å². The third kappa shape index (κ3) is 9.09. The van der Waals surface area contributed by atoms with Gasteiger partial charge in [-0.25, -0.2) is 5.48 Å². The molecule has 0 saturated carbocycles. The highest BCUT2D eigenvalue weighted by atomic mass is 16.7. The molecular formula is C30H41N3O7. The summed E-state index contributed by atoms with van der Waals surface area (Å²) >= 11 is 0. The number of rotatable bonds is 13. The molecule has 4 atom stereocenters. The summed E-state index contributed by atoms with van der Waals surface area (Å²) in [4.78, 5) is 25.6. The number of ether oxygens (including phenoxy) is 2. The number of benzene rings is 2. The number of nitrogens with zero attached hydrogens (tertiary/aromatic N) is 1. The van der Waals surface area contributed by atoms with Crippen molar-refractivity contribution in [1.29, 1.82) is 0 Å². The van der Waals surface area contributed by atoms with Gasteiger partial charge in [-0.05, 0) is 42.5 Å². The van der Waals surface area contributed by atoms with E-state index >= 15 is 0 Å². The van der Waals surface area contributed by atoms with Gasteiger partial charge >= 0.3 is 0 Å². The van der Waals surface area contributed by atoms with Crippen LogP contribution in [-0.4, -0.2) is 64.0 Å². The molecule has 0 bridgehead atoms. The Bertz CT molecular complexity index is 1080. The van der Waals surface area contributed by atoms with E-state index in [4.69, 9.17) is 14.7 Å². The van der Waals surface area contributed by atoms with Crippen molar-refractivity contribution in [3.05, 3.63) is 65.2 Å². The summed E-state index contributed by atoms with van der Waals surface area (Å²) in [6.45, 7) is 2.20. The minimum Gasteiger partial charge on any atom is -0.392 e. The van der Waals surface area contributed by atoms with Gasteiger partial charge in [-0.15, -0.1) is 0 Å². The van der Waals surface area contributed by atoms with Crippen molar-refractivity contribution < 1.29 is 34.5 Å². The Balaban J connectivity index is 1.32. The lowest BCUT2D eigenvalue weighted by atomic mass is 9.99. The number of hydrogen-bond acceptors (Lipinski definition) is 8. The van der Waals surface area contributed by atoms with Gasteiger partial charge in [-0.2, -0.15) is 0 Å². The zero-order valence-electron chi connectivity index (χ0n) is 22.8. The van der Waals surface area contributed by atoms with Crippen molar-refractivity contribution in [2.24, 2.45) is 0 Å². The number of aliphatic hydroxyl groups excluding tert-OH is 2. The number of aliphatic hydroxyl groups is 2. The van der Waals surface area contributed by atoms with Crippen molar-refractivity contribution in [1.82, 2.24) is 10.4 Å². The second kappa shape index (κ2) is 15.2. The Labute approximate surface area is 235 Å². The number of amides is 2. The van der Waals surface area contributed by atoms with E-state index in [0.717, 1.165) is 48.9 Å². The van der Waals surface area contributed by atoms with Crippen LogP contribution in [0.15, 0.2) is 48.5 Å². The molecule has 0 aromatic heterocycles. The van der Waals surface area contributed by atoms with Crippen LogP contribution in [0.1, 0.15) is 80.5 Å². The number of hydroxylamine groups is 1. The lowest BCUT2D eigenvalue weighted by Gasteiger charge is -2.37. The Morgan fingerprint density at radius 2 is 1.57 bits per heavy atom. The van der Waals surface area contributed by atoms with Crippen LogP contribution in [0.2, 0.25) is 0 Å². The SMILES string of the molecule is O=C(CCCCCCC(=O)Nc1ccc([C@@H]2O[C@H](CN3CC[C@H](O)C3)C[C@H](c3ccc(CO)cc3)O2)cc1)NO. The van der Waals surface area contributed by atoms with Gasteiger partial charge in [0.15, 0.2) is 6.29 Å². The quantitative estimate of drug-likeness (QED) is 0.144. The molecule has 2 aliphatic rings. The highest BCUT2D eigenvalue weighted by Gasteiger charge is 2.34. The third-order valence-electron chi connectivity index (χ3n) is 7.47. The van der Waals surface area contributed by atoms with Crippen molar-refractivity contribution in [2.45, 2.75) is 82.6 Å². The molecule has 2 saturated heterocycles. The topological polar surface area (TPSA) is 141 Å². The normalized spacial score (nSPS) is 23.2. The van der Waals surface area contributed by atoms with Crippen LogP contribution in [0.25, 0.3) is 0 Å². The minimum atomic E-state index is -0.577. The van der Waals surface area contributed by atoms with Crippen molar-refractivity contribution in [3.63, 3.8) is 0 Å². The molecule has 10 nitrogen and oxygen atoms in total. The van der Waals surface area contributed by atoms with Gasteiger partial charge in [0.1, 0.15) is 0 Å². The highest BCUT2D eigenvalue weighted by molar-refractivity contribution is 5.90. The largest absolute Gasteiger partial charge is 0.392 e. The van der Waals surface area contributed by atoms with Crippen LogP contribution in [-0.2, 0) is 25.7 Å². The Morgan fingerprint density at radius 1 is 0.900 bits per heavy atom. The zero-order valence-corrected chi connectivity index (χ0v) is 22.8. The number of carbonyl (C=O) groups is 2. The molecule has 2 aromatic rings. The summed E-state index contributed by atoms with van der Waals surface area (Å²) in [7, 11) is 0. The van der Waals surface area contributed by atoms with E-state index in [2.05, 4.69) is 10.2 Å². The summed E-state index contributed by atoms with van der Waals surface area (Å²) < 4.78 is 12.8. The van der Waals surface area contributed by atoms with E-state index in [1.54, 1.807) is 5.48 Å². The second-order valence-corrected chi connectivity index (χ2v) is 10.7. The van der Waals surface area contributed by atoms with Gasteiger partial charge in [-0.3, -0.25) is 19.7 Å². The van der Waals surface area contributed by atoms with Gasteiger partial charge in [-0.1, -0.05) is 49.2 Å². The summed E-state index contributed by atoms with van der Waals surface area (Å²) in [5.41, 5.74) is 5.05. The predicted molar refractivity (Wildman–Crippen MR) is 148 cm³/mol. The fourth-order valence-electron chi connectivity index (χ4n) is 5.23. The number of anilines is 1. The highest BCUT2D eigenvalue weighted by Crippen LogP contribution is 2.38. The summed E-state index contributed by atoms with van der Waals surface area (Å²) in [5, 5.41) is 30.8. The number of unbranched alkanes of at least 4 members (excludes halogenated alkanes) is 3. The standard InChI is InChI=1S/C30H41N3O7/c34-20-21-7-9-22(10-8-21)27-17-26(19-33-16-15-25(35)18-33)39-30(40-27)23-11-13-24(14-12-23)31-28(36)5-3-1-2-4-6-29(37)32-38/h7-14,25-27,30,34-35,38H,1-6,15-20H2,(H,31,36)(H,32,37)/t25-,26-,27+,30+/m0/s1. The van der Waals surface area contributed by atoms with Gasteiger partial charge in [0.2, 0.25) is 11.8 Å². The van der Waals surface area contributed by atoms with Crippen LogP contribution < -0.4 is 10.8 Å². The van der Waals surface area contributed by atoms with Crippen molar-refractivity contribution >= 4 is 17.5 Å². The molecule has 4 rings (SSSR count). The molecule has 40 heavy (non-hydrogen) atoms. The first-order valence-electron chi connectivity index (χ1n) is 14.2. The molecule has 2 fully saturated rings. The molecule has 2 amide bonds. The maximum absolute atomic E-state index is 12.4. The zero-order chi connectivity index (χ0) is 28.3. The first kappa shape index (κ1) is 30.1. The molecule has 0 radical (unpaired) electrons. The van der Waals surface area contributed by atoms with Crippen LogP contribution in [0, 0.1) is 0 Å². The van der Waals surface area contributed by atoms with Gasteiger partial charge in [0, 0.05) is 50.1 Å². The van der Waals surface area contributed by atoms with E-state index in [-0.39, 0.29) is 43.2 Å². The fraction of sp³-hybridized carbons (Fsp3) is 0.533. The smallest absolute Gasteiger partial charge is 0.243 e. The van der Waals surface area contributed by atoms with Crippen LogP contribution in [0.4, 0.5) is 5.69 Å². The molecular weight excluding hydrogens is 514 g/mol. The lowest BCUT2D eigenvalue weighted by molar-refractivity contribution is -0.252. The van der Waals surface area contributed by atoms with E-state index < -0.39 is 6.29 Å². The second-order valence-electron chi connectivity index (χ2n) is 10.7. The Morgan fingerprint density at radius 3 is 2.20 bits per heavy atom. The molecule has 0 unspecified atom stereocenters. The lowest BCUT2D eigenvalue weighted by Crippen LogP contribution is -2.38. The number of nitrogens with one attached hydrogen (secondary N) is 2. The number of carbonyl (C=O) groups excluding carboxylic acids is 2. The van der Waals surface area contributed by atoms with E-state index in [1.807, 2.05) is 48.5 Å². The van der Waals surface area contributed by atoms with Gasteiger partial charge < -0.3 is 25.0 Å². The summed E-state index contributed by atoms with van der Waals surface area (Å²) in [6, 6.07) is 15.3. The van der Waals surface area contributed by atoms with Crippen molar-refractivity contribution in [3.8, 4) is 0 Å². The average molecular weight is 556 g/mol. The molecule has 2 aromatic carbocycles. The summed E-state index contributed by atoms with van der Waals surface area (Å²) in [6.07, 6.45) is 4.07. The Hall–Kier alpha value is -2.86. The predicted octanol–water partition coefficient (Wildman–Crippen LogP) is 3.58. The summed E-state index contributed by atoms with van der Waals surface area (Å²) in [5.74, 6) is -0.454. The third-order valence-corrected chi connectivity index (χ3v) is 7.47. The van der Waals surface area contributed by atoms with Crippen LogP contribution in [0.3, 0.4) is 0 Å². The van der Waals surface area contributed by atoms with Crippen LogP contribution >= 0.6 is 0 Å². The number of β-amino-alcohol motifs (C(OH)–C–C–N with tert-alkyl or cyclic N) is 1. The first-order chi connectivity index (χ1) is 19.4. The number of likely N-dealkylation sites (tertiary alicyclic amines) is 1. The van der Waals surface area contributed by atoms with Gasteiger partial charge in [0.25, 0.3) is 0 Å². The average Bonchev–Trinajstić information content (AvgIpc) is 3.39. The molecule has 10 heteroatoms. The number of hydrogen-bond donors (Lipinski definition) is 5. The molecule has 2 heterocycles. The maximum Gasteiger partial charge on any atom is 0.243 e. The minimum absolute atomic E-state index is 0.00809. The molecule has 0 spiro atoms. The molecule has 2 aliphatic heterocycles. The fourth-order valence-corrected chi connectivity index (χ4v) is 5.23. The Kier molecular flexibility index (Phi) is 11.5. The molecule has 5 N–H and O–H groups in total. The van der Waals surface area contributed by atoms with E-state index in [0.29, 0.717) is 38.0 Å². The van der Waals surface area contributed by atoms with Gasteiger partial charge in [0.05, 0.1) is 24.9 Å². The monoisotopic (exact) mass is 555 g/mol. The molecule has 0 aliphatic carbocycles.